The van der Waals surface area contributed by atoms with Crippen LogP contribution in [0.3, 0.4) is 0 Å². The summed E-state index contributed by atoms with van der Waals surface area (Å²) in [4.78, 5) is 0. The predicted molar refractivity (Wildman–Crippen MR) is 79.0 cm³/mol. The summed E-state index contributed by atoms with van der Waals surface area (Å²) in [7, 11) is -2.52. The summed E-state index contributed by atoms with van der Waals surface area (Å²) in [5, 5.41) is 13.0. The molecule has 0 bridgehead atoms. The van der Waals surface area contributed by atoms with Crippen LogP contribution in [0.2, 0.25) is 6.04 Å². The molecule has 0 rings (SSSR count). The highest BCUT2D eigenvalue weighted by Crippen LogP contribution is 2.18. The van der Waals surface area contributed by atoms with Crippen molar-refractivity contribution >= 4 is 8.80 Å². The maximum absolute atomic E-state index is 9.87. The van der Waals surface area contributed by atoms with Gasteiger partial charge in [-0.15, -0.1) is 0 Å². The molecule has 0 fully saturated rings. The molecule has 0 aliphatic carbocycles. The van der Waals surface area contributed by atoms with E-state index in [1.807, 2.05) is 27.7 Å². The smallest absolute Gasteiger partial charge is 0.376 e. The normalized spacial score (nSPS) is 15.5. The van der Waals surface area contributed by atoms with Crippen molar-refractivity contribution in [3.8, 4) is 0 Å². The molecule has 1 atom stereocenters. The lowest BCUT2D eigenvalue weighted by Gasteiger charge is -2.29. The summed E-state index contributed by atoms with van der Waals surface area (Å²) in [6.07, 6.45) is 1.54. The molecule has 0 amide bonds. The van der Waals surface area contributed by atoms with Crippen LogP contribution in [0.15, 0.2) is 0 Å². The SMILES string of the molecule is CCO[Si](CCCNC(C)(O)CC)(OCC)OCC. The Morgan fingerprint density at radius 3 is 1.84 bits per heavy atom. The highest BCUT2D eigenvalue weighted by molar-refractivity contribution is 6.60. The maximum Gasteiger partial charge on any atom is 0.500 e. The number of aliphatic hydroxyl groups is 1. The molecule has 6 heteroatoms. The standard InChI is InChI=1S/C13H31NO4Si/c1-6-13(5,15)14-11-10-12-19(16-7-2,17-8-3)18-9-4/h14-15H,6-12H2,1-5H3. The third kappa shape index (κ3) is 8.01. The molecule has 0 aliphatic heterocycles. The predicted octanol–water partition coefficient (Wildman–Crippen LogP) is 2.13. The molecule has 0 spiro atoms. The summed E-state index contributed by atoms with van der Waals surface area (Å²) in [6, 6.07) is 0.773. The second kappa shape index (κ2) is 9.85. The summed E-state index contributed by atoms with van der Waals surface area (Å²) in [6.45, 7) is 12.1. The van der Waals surface area contributed by atoms with E-state index in [1.165, 1.54) is 0 Å². The molecule has 0 aliphatic rings. The van der Waals surface area contributed by atoms with Crippen molar-refractivity contribution in [2.45, 2.75) is 59.2 Å². The monoisotopic (exact) mass is 293 g/mol. The fourth-order valence-corrected chi connectivity index (χ4v) is 4.40. The third-order valence-corrected chi connectivity index (χ3v) is 6.10. The lowest BCUT2D eigenvalue weighted by atomic mass is 10.2. The third-order valence-electron chi connectivity index (χ3n) is 2.95. The van der Waals surface area contributed by atoms with E-state index in [0.29, 0.717) is 26.2 Å². The van der Waals surface area contributed by atoms with E-state index in [1.54, 1.807) is 6.92 Å². The number of rotatable bonds is 12. The van der Waals surface area contributed by atoms with Crippen molar-refractivity contribution in [3.63, 3.8) is 0 Å². The van der Waals surface area contributed by atoms with Crippen molar-refractivity contribution in [3.05, 3.63) is 0 Å². The van der Waals surface area contributed by atoms with Gasteiger partial charge in [0, 0.05) is 25.9 Å². The summed E-state index contributed by atoms with van der Waals surface area (Å²) < 4.78 is 17.3. The highest BCUT2D eigenvalue weighted by atomic mass is 28.4. The molecule has 0 aromatic carbocycles. The van der Waals surface area contributed by atoms with Gasteiger partial charge in [-0.3, -0.25) is 5.32 Å². The topological polar surface area (TPSA) is 60.0 Å². The molecule has 0 aromatic rings. The Balaban J connectivity index is 4.24. The van der Waals surface area contributed by atoms with Crippen molar-refractivity contribution in [2.24, 2.45) is 0 Å². The Morgan fingerprint density at radius 2 is 1.47 bits per heavy atom. The first-order valence-electron chi connectivity index (χ1n) is 7.34. The van der Waals surface area contributed by atoms with Crippen LogP contribution in [0.1, 0.15) is 47.5 Å². The van der Waals surface area contributed by atoms with Crippen molar-refractivity contribution in [1.82, 2.24) is 5.32 Å². The van der Waals surface area contributed by atoms with Gasteiger partial charge in [0.2, 0.25) is 0 Å². The molecule has 5 nitrogen and oxygen atoms in total. The first-order valence-corrected chi connectivity index (χ1v) is 9.27. The van der Waals surface area contributed by atoms with Gasteiger partial charge in [0.1, 0.15) is 5.72 Å². The molecule has 2 N–H and O–H groups in total. The van der Waals surface area contributed by atoms with Crippen LogP contribution in [0.5, 0.6) is 0 Å². The maximum atomic E-state index is 9.87. The van der Waals surface area contributed by atoms with Crippen LogP contribution in [-0.4, -0.2) is 46.0 Å². The van der Waals surface area contributed by atoms with E-state index in [-0.39, 0.29) is 0 Å². The van der Waals surface area contributed by atoms with E-state index >= 15 is 0 Å². The van der Waals surface area contributed by atoms with Gasteiger partial charge in [0.15, 0.2) is 0 Å². The van der Waals surface area contributed by atoms with Crippen molar-refractivity contribution in [2.75, 3.05) is 26.4 Å². The lowest BCUT2D eigenvalue weighted by Crippen LogP contribution is -2.47. The molecular formula is C13H31NO4Si. The number of hydrogen-bond donors (Lipinski definition) is 2. The van der Waals surface area contributed by atoms with Crippen LogP contribution >= 0.6 is 0 Å². The first kappa shape index (κ1) is 19.0. The Morgan fingerprint density at radius 1 is 1.00 bits per heavy atom. The van der Waals surface area contributed by atoms with E-state index < -0.39 is 14.5 Å². The average Bonchev–Trinajstić information content (AvgIpc) is 2.36. The van der Waals surface area contributed by atoms with Crippen LogP contribution in [0.25, 0.3) is 0 Å². The van der Waals surface area contributed by atoms with Gasteiger partial charge >= 0.3 is 8.80 Å². The van der Waals surface area contributed by atoms with Crippen LogP contribution in [0.4, 0.5) is 0 Å². The second-order valence-corrected chi connectivity index (χ2v) is 7.37. The molecule has 0 saturated carbocycles. The average molecular weight is 293 g/mol. The summed E-state index contributed by atoms with van der Waals surface area (Å²) in [5.74, 6) is 0. The zero-order valence-electron chi connectivity index (χ0n) is 13.1. The molecule has 116 valence electrons. The van der Waals surface area contributed by atoms with Gasteiger partial charge in [-0.25, -0.2) is 0 Å². The zero-order chi connectivity index (χ0) is 14.8. The van der Waals surface area contributed by atoms with Crippen LogP contribution in [-0.2, 0) is 13.3 Å². The van der Waals surface area contributed by atoms with Gasteiger partial charge in [0.05, 0.1) is 0 Å². The molecule has 0 radical (unpaired) electrons. The lowest BCUT2D eigenvalue weighted by molar-refractivity contribution is 0.0197. The minimum atomic E-state index is -2.52. The van der Waals surface area contributed by atoms with Gasteiger partial charge in [0.25, 0.3) is 0 Å². The fraction of sp³-hybridized carbons (Fsp3) is 1.00. The minimum Gasteiger partial charge on any atom is -0.376 e. The Labute approximate surface area is 119 Å². The Bertz CT molecular complexity index is 210. The zero-order valence-corrected chi connectivity index (χ0v) is 14.1. The Kier molecular flexibility index (Phi) is 9.86. The highest BCUT2D eigenvalue weighted by Gasteiger charge is 2.39. The summed E-state index contributed by atoms with van der Waals surface area (Å²) >= 11 is 0. The number of hydrogen-bond acceptors (Lipinski definition) is 5. The van der Waals surface area contributed by atoms with Crippen molar-refractivity contribution < 1.29 is 18.4 Å². The van der Waals surface area contributed by atoms with E-state index in [0.717, 1.165) is 19.0 Å². The van der Waals surface area contributed by atoms with E-state index in [9.17, 15) is 5.11 Å². The van der Waals surface area contributed by atoms with Crippen molar-refractivity contribution in [1.29, 1.82) is 0 Å². The fourth-order valence-electron chi connectivity index (χ4n) is 1.79. The van der Waals surface area contributed by atoms with Gasteiger partial charge in [-0.2, -0.15) is 0 Å². The summed E-state index contributed by atoms with van der Waals surface area (Å²) in [5.41, 5.74) is -0.799. The van der Waals surface area contributed by atoms with E-state index in [2.05, 4.69) is 5.32 Å². The van der Waals surface area contributed by atoms with E-state index in [4.69, 9.17) is 13.3 Å². The molecule has 0 saturated heterocycles. The van der Waals surface area contributed by atoms with Crippen LogP contribution in [0, 0.1) is 0 Å². The second-order valence-electron chi connectivity index (χ2n) is 4.64. The first-order chi connectivity index (χ1) is 8.95. The molecular weight excluding hydrogens is 262 g/mol. The van der Waals surface area contributed by atoms with Gasteiger partial charge in [-0.05, 0) is 47.1 Å². The van der Waals surface area contributed by atoms with Gasteiger partial charge in [-0.1, -0.05) is 6.92 Å². The molecule has 0 aromatic heterocycles. The molecule has 1 unspecified atom stereocenters. The minimum absolute atomic E-state index is 0.603. The molecule has 19 heavy (non-hydrogen) atoms. The van der Waals surface area contributed by atoms with Gasteiger partial charge < -0.3 is 18.4 Å². The number of nitrogens with one attached hydrogen (secondary N) is 1. The quantitative estimate of drug-likeness (QED) is 0.328. The largest absolute Gasteiger partial charge is 0.500 e. The Hall–Kier alpha value is 0.0169. The molecule has 0 heterocycles. The van der Waals surface area contributed by atoms with Crippen LogP contribution < -0.4 is 5.32 Å².